The lowest BCUT2D eigenvalue weighted by atomic mass is 9.98. The predicted molar refractivity (Wildman–Crippen MR) is 133 cm³/mol. The molecule has 186 valence electrons. The minimum Gasteiger partial charge on any atom is -0.490 e. The Hall–Kier alpha value is -3.29. The van der Waals surface area contributed by atoms with Crippen molar-refractivity contribution in [2.45, 2.75) is 70.6 Å². The van der Waals surface area contributed by atoms with Crippen molar-refractivity contribution in [2.75, 3.05) is 10.6 Å². The van der Waals surface area contributed by atoms with Crippen LogP contribution in [0.3, 0.4) is 0 Å². The highest BCUT2D eigenvalue weighted by atomic mass is 19.4. The molecule has 0 spiro atoms. The zero-order chi connectivity index (χ0) is 24.8. The minimum absolute atomic E-state index is 0.0778. The zero-order valence-electron chi connectivity index (χ0n) is 20.0. The molecular formula is C27H31F3N4O. The minimum atomic E-state index is -4.59. The fourth-order valence-corrected chi connectivity index (χ4v) is 4.13. The number of hydrogen-bond donors (Lipinski definition) is 2. The average molecular weight is 485 g/mol. The third-order valence-electron chi connectivity index (χ3n) is 6.41. The molecule has 0 radical (unpaired) electrons. The van der Waals surface area contributed by atoms with E-state index in [2.05, 4.69) is 34.4 Å². The standard InChI is InChI=1S/C27H31F3N4O/c1-3-18(2)19-9-11-21(12-10-19)33-26-31-17-24(27(28,29)30)25(34-26)32-20-13-15-23(16-14-20)35-22-7-5-4-6-8-22/h9-18,22H,3-8H2,1-2H3,(H2,31,32,33,34). The molecule has 1 fully saturated rings. The lowest BCUT2D eigenvalue weighted by Crippen LogP contribution is -2.19. The van der Waals surface area contributed by atoms with Crippen LogP contribution in [-0.4, -0.2) is 16.1 Å². The van der Waals surface area contributed by atoms with Crippen LogP contribution in [0.15, 0.2) is 54.7 Å². The maximum Gasteiger partial charge on any atom is 0.421 e. The van der Waals surface area contributed by atoms with Crippen LogP contribution < -0.4 is 15.4 Å². The smallest absolute Gasteiger partial charge is 0.421 e. The number of nitrogens with zero attached hydrogens (tertiary/aromatic N) is 2. The lowest BCUT2D eigenvalue weighted by molar-refractivity contribution is -0.137. The van der Waals surface area contributed by atoms with Gasteiger partial charge in [0.1, 0.15) is 17.1 Å². The first-order valence-electron chi connectivity index (χ1n) is 12.2. The van der Waals surface area contributed by atoms with Crippen molar-refractivity contribution in [3.05, 3.63) is 65.9 Å². The van der Waals surface area contributed by atoms with E-state index in [1.165, 1.54) is 12.0 Å². The summed E-state index contributed by atoms with van der Waals surface area (Å²) < 4.78 is 46.9. The maximum atomic E-state index is 13.6. The number of hydrogen-bond acceptors (Lipinski definition) is 5. The number of rotatable bonds is 8. The summed E-state index contributed by atoms with van der Waals surface area (Å²) >= 11 is 0. The van der Waals surface area contributed by atoms with Gasteiger partial charge in [-0.1, -0.05) is 32.4 Å². The van der Waals surface area contributed by atoms with E-state index in [4.69, 9.17) is 4.74 Å². The van der Waals surface area contributed by atoms with E-state index >= 15 is 0 Å². The van der Waals surface area contributed by atoms with Crippen LogP contribution >= 0.6 is 0 Å². The highest BCUT2D eigenvalue weighted by Gasteiger charge is 2.35. The van der Waals surface area contributed by atoms with Crippen molar-refractivity contribution in [3.63, 3.8) is 0 Å². The SMILES string of the molecule is CCC(C)c1ccc(Nc2ncc(C(F)(F)F)c(Nc3ccc(OC4CCCCC4)cc3)n2)cc1. The molecule has 0 amide bonds. The summed E-state index contributed by atoms with van der Waals surface area (Å²) in [5, 5.41) is 5.80. The number of benzene rings is 2. The van der Waals surface area contributed by atoms with Gasteiger partial charge in [-0.25, -0.2) is 4.98 Å². The molecule has 0 aliphatic heterocycles. The second-order valence-corrected chi connectivity index (χ2v) is 9.04. The molecule has 1 aromatic heterocycles. The second kappa shape index (κ2) is 11.0. The van der Waals surface area contributed by atoms with Crippen molar-refractivity contribution in [1.82, 2.24) is 9.97 Å². The van der Waals surface area contributed by atoms with Gasteiger partial charge >= 0.3 is 6.18 Å². The topological polar surface area (TPSA) is 59.1 Å². The van der Waals surface area contributed by atoms with Gasteiger partial charge in [-0.3, -0.25) is 0 Å². The van der Waals surface area contributed by atoms with Gasteiger partial charge in [-0.15, -0.1) is 0 Å². The Bertz CT molecular complexity index is 1090. The summed E-state index contributed by atoms with van der Waals surface area (Å²) in [5.74, 6) is 0.909. The van der Waals surface area contributed by atoms with E-state index < -0.39 is 11.7 Å². The molecule has 1 atom stereocenters. The number of aromatic nitrogens is 2. The van der Waals surface area contributed by atoms with E-state index in [0.29, 0.717) is 23.0 Å². The predicted octanol–water partition coefficient (Wildman–Crippen LogP) is 8.21. The van der Waals surface area contributed by atoms with E-state index in [0.717, 1.165) is 38.3 Å². The third-order valence-corrected chi connectivity index (χ3v) is 6.41. The first-order valence-corrected chi connectivity index (χ1v) is 12.2. The fraction of sp³-hybridized carbons (Fsp3) is 0.407. The third kappa shape index (κ3) is 6.65. The average Bonchev–Trinajstić information content (AvgIpc) is 2.85. The summed E-state index contributed by atoms with van der Waals surface area (Å²) in [7, 11) is 0. The number of halogens is 3. The summed E-state index contributed by atoms with van der Waals surface area (Å²) in [6.07, 6.45) is 3.06. The molecule has 2 N–H and O–H groups in total. The lowest BCUT2D eigenvalue weighted by Gasteiger charge is -2.23. The first-order chi connectivity index (χ1) is 16.8. The quantitative estimate of drug-likeness (QED) is 0.337. The van der Waals surface area contributed by atoms with Gasteiger partial charge in [-0.2, -0.15) is 18.2 Å². The monoisotopic (exact) mass is 484 g/mol. The van der Waals surface area contributed by atoms with E-state index in [1.54, 1.807) is 24.3 Å². The molecular weight excluding hydrogens is 453 g/mol. The van der Waals surface area contributed by atoms with Gasteiger partial charge in [0, 0.05) is 17.6 Å². The molecule has 2 aromatic carbocycles. The number of nitrogens with one attached hydrogen (secondary N) is 2. The highest BCUT2D eigenvalue weighted by molar-refractivity contribution is 5.63. The Morgan fingerprint density at radius 2 is 1.57 bits per heavy atom. The summed E-state index contributed by atoms with van der Waals surface area (Å²) in [6.45, 7) is 4.27. The Morgan fingerprint density at radius 1 is 0.943 bits per heavy atom. The van der Waals surface area contributed by atoms with Gasteiger partial charge in [0.05, 0.1) is 6.10 Å². The van der Waals surface area contributed by atoms with Crippen LogP contribution in [0.5, 0.6) is 5.75 Å². The summed E-state index contributed by atoms with van der Waals surface area (Å²) in [6, 6.07) is 14.7. The van der Waals surface area contributed by atoms with Crippen LogP contribution in [0.4, 0.5) is 36.3 Å². The molecule has 35 heavy (non-hydrogen) atoms. The Balaban J connectivity index is 1.50. The normalized spacial score (nSPS) is 15.5. The van der Waals surface area contributed by atoms with Crippen molar-refractivity contribution in [1.29, 1.82) is 0 Å². The van der Waals surface area contributed by atoms with Crippen molar-refractivity contribution < 1.29 is 17.9 Å². The molecule has 1 aliphatic rings. The summed E-state index contributed by atoms with van der Waals surface area (Å²) in [5.41, 5.74) is 1.45. The van der Waals surface area contributed by atoms with Crippen LogP contribution in [0, 0.1) is 0 Å². The molecule has 1 unspecified atom stereocenters. The Labute approximate surface area is 204 Å². The molecule has 1 aliphatic carbocycles. The molecule has 1 saturated carbocycles. The van der Waals surface area contributed by atoms with Crippen molar-refractivity contribution >= 4 is 23.1 Å². The molecule has 4 rings (SSSR count). The molecule has 0 saturated heterocycles. The van der Waals surface area contributed by atoms with E-state index in [9.17, 15) is 13.2 Å². The van der Waals surface area contributed by atoms with Crippen LogP contribution in [-0.2, 0) is 6.18 Å². The summed E-state index contributed by atoms with van der Waals surface area (Å²) in [4.78, 5) is 8.03. The van der Waals surface area contributed by atoms with Crippen molar-refractivity contribution in [3.8, 4) is 5.75 Å². The number of ether oxygens (including phenoxy) is 1. The van der Waals surface area contributed by atoms with Crippen LogP contribution in [0.2, 0.25) is 0 Å². The number of alkyl halides is 3. The molecule has 1 heterocycles. The van der Waals surface area contributed by atoms with Gasteiger partial charge in [0.15, 0.2) is 0 Å². The highest BCUT2D eigenvalue weighted by Crippen LogP contribution is 2.36. The van der Waals surface area contributed by atoms with Gasteiger partial charge < -0.3 is 15.4 Å². The largest absolute Gasteiger partial charge is 0.490 e. The van der Waals surface area contributed by atoms with Gasteiger partial charge in [-0.05, 0) is 80.0 Å². The Kier molecular flexibility index (Phi) is 7.78. The fourth-order valence-electron chi connectivity index (χ4n) is 4.13. The first kappa shape index (κ1) is 24.8. The van der Waals surface area contributed by atoms with Gasteiger partial charge in [0.2, 0.25) is 5.95 Å². The van der Waals surface area contributed by atoms with E-state index in [1.807, 2.05) is 24.3 Å². The molecule has 0 bridgehead atoms. The second-order valence-electron chi connectivity index (χ2n) is 9.04. The van der Waals surface area contributed by atoms with Gasteiger partial charge in [0.25, 0.3) is 0 Å². The molecule has 5 nitrogen and oxygen atoms in total. The van der Waals surface area contributed by atoms with Crippen LogP contribution in [0.25, 0.3) is 0 Å². The Morgan fingerprint density at radius 3 is 2.20 bits per heavy atom. The molecule has 3 aromatic rings. The van der Waals surface area contributed by atoms with Crippen molar-refractivity contribution in [2.24, 2.45) is 0 Å². The maximum absolute atomic E-state index is 13.6. The van der Waals surface area contributed by atoms with Crippen LogP contribution in [0.1, 0.15) is 69.4 Å². The van der Waals surface area contributed by atoms with E-state index in [-0.39, 0.29) is 17.9 Å². The number of anilines is 4. The molecule has 8 heteroatoms. The zero-order valence-corrected chi connectivity index (χ0v) is 20.0.